The summed E-state index contributed by atoms with van der Waals surface area (Å²) in [5.41, 5.74) is 0. The molecule has 0 aliphatic heterocycles. The Bertz CT molecular complexity index is 282. The summed E-state index contributed by atoms with van der Waals surface area (Å²) in [5.74, 6) is 0.586. The van der Waals surface area contributed by atoms with Crippen LogP contribution in [0.25, 0.3) is 0 Å². The zero-order valence-corrected chi connectivity index (χ0v) is 9.50. The lowest BCUT2D eigenvalue weighted by atomic mass is 10.4. The highest BCUT2D eigenvalue weighted by atomic mass is 32.2. The van der Waals surface area contributed by atoms with Crippen molar-refractivity contribution in [2.24, 2.45) is 0 Å². The topological polar surface area (TPSA) is 29.1 Å². The minimum Gasteiger partial charge on any atom is -0.355 e. The van der Waals surface area contributed by atoms with Gasteiger partial charge in [0.15, 0.2) is 0 Å². The first-order chi connectivity index (χ1) is 6.83. The van der Waals surface area contributed by atoms with Crippen LogP contribution < -0.4 is 5.32 Å². The van der Waals surface area contributed by atoms with Crippen molar-refractivity contribution in [3.8, 4) is 0 Å². The van der Waals surface area contributed by atoms with E-state index in [4.69, 9.17) is 0 Å². The van der Waals surface area contributed by atoms with E-state index in [9.17, 15) is 4.79 Å². The molecule has 0 bridgehead atoms. The van der Waals surface area contributed by atoms with Crippen molar-refractivity contribution < 1.29 is 4.79 Å². The number of amides is 1. The van der Waals surface area contributed by atoms with Crippen molar-refractivity contribution in [1.82, 2.24) is 5.32 Å². The van der Waals surface area contributed by atoms with Crippen molar-refractivity contribution in [3.63, 3.8) is 0 Å². The Balaban J connectivity index is 2.12. The first-order valence-corrected chi connectivity index (χ1v) is 6.23. The second-order valence-corrected chi connectivity index (χ2v) is 4.87. The van der Waals surface area contributed by atoms with E-state index in [-0.39, 0.29) is 5.91 Å². The second-order valence-electron chi connectivity index (χ2n) is 2.65. The van der Waals surface area contributed by atoms with Crippen LogP contribution in [0, 0.1) is 0 Å². The fourth-order valence-corrected chi connectivity index (χ4v) is 2.46. The molecule has 76 valence electrons. The van der Waals surface area contributed by atoms with Gasteiger partial charge in [0.25, 0.3) is 0 Å². The highest BCUT2D eigenvalue weighted by Gasteiger charge is 2.01. The van der Waals surface area contributed by atoms with E-state index in [1.54, 1.807) is 29.2 Å². The number of carbonyl (C=O) groups excluding carboxylic acids is 1. The van der Waals surface area contributed by atoms with Crippen molar-refractivity contribution in [1.29, 1.82) is 0 Å². The summed E-state index contributed by atoms with van der Waals surface area (Å²) in [7, 11) is 0. The molecule has 0 aromatic carbocycles. The molecule has 1 heterocycles. The van der Waals surface area contributed by atoms with Gasteiger partial charge in [-0.05, 0) is 17.9 Å². The van der Waals surface area contributed by atoms with E-state index >= 15 is 0 Å². The molecule has 0 saturated carbocycles. The summed E-state index contributed by atoms with van der Waals surface area (Å²) >= 11 is 3.23. The maximum absolute atomic E-state index is 11.3. The van der Waals surface area contributed by atoms with Crippen LogP contribution in [-0.4, -0.2) is 18.2 Å². The minimum absolute atomic E-state index is 0.0882. The van der Waals surface area contributed by atoms with Crippen LogP contribution in [0.5, 0.6) is 0 Å². The Morgan fingerprint density at radius 3 is 3.21 bits per heavy atom. The monoisotopic (exact) mass is 227 g/mol. The van der Waals surface area contributed by atoms with Crippen LogP contribution in [-0.2, 0) is 4.79 Å². The van der Waals surface area contributed by atoms with Crippen LogP contribution in [0.3, 0.4) is 0 Å². The molecule has 0 aliphatic carbocycles. The van der Waals surface area contributed by atoms with E-state index in [1.165, 1.54) is 4.21 Å². The van der Waals surface area contributed by atoms with Gasteiger partial charge in [-0.25, -0.2) is 0 Å². The van der Waals surface area contributed by atoms with Gasteiger partial charge in [-0.3, -0.25) is 4.79 Å². The Hall–Kier alpha value is -0.740. The van der Waals surface area contributed by atoms with Crippen LogP contribution in [0.1, 0.15) is 6.42 Å². The lowest BCUT2D eigenvalue weighted by molar-refractivity contribution is -0.118. The predicted molar refractivity (Wildman–Crippen MR) is 62.9 cm³/mol. The molecule has 0 fully saturated rings. The van der Waals surface area contributed by atoms with Crippen LogP contribution in [0.2, 0.25) is 0 Å². The van der Waals surface area contributed by atoms with Crippen molar-refractivity contribution in [2.45, 2.75) is 10.6 Å². The highest BCUT2D eigenvalue weighted by Crippen LogP contribution is 2.22. The lowest BCUT2D eigenvalue weighted by Crippen LogP contribution is -2.25. The standard InChI is InChI=1S/C10H13NOS2/c1-2-3-6-11-9(12)8-14-10-5-4-7-13-10/h2,4-5,7H,1,3,6,8H2,(H,11,12). The van der Waals surface area contributed by atoms with Crippen molar-refractivity contribution in [3.05, 3.63) is 30.2 Å². The van der Waals surface area contributed by atoms with Gasteiger partial charge >= 0.3 is 0 Å². The van der Waals surface area contributed by atoms with Gasteiger partial charge < -0.3 is 5.32 Å². The molecular formula is C10H13NOS2. The smallest absolute Gasteiger partial charge is 0.230 e. The zero-order valence-electron chi connectivity index (χ0n) is 7.86. The third-order valence-electron chi connectivity index (χ3n) is 1.51. The summed E-state index contributed by atoms with van der Waals surface area (Å²) in [5, 5.41) is 4.83. The van der Waals surface area contributed by atoms with Gasteiger partial charge in [-0.1, -0.05) is 12.1 Å². The number of thiophene rings is 1. The van der Waals surface area contributed by atoms with Crippen molar-refractivity contribution in [2.75, 3.05) is 12.3 Å². The number of rotatable bonds is 6. The van der Waals surface area contributed by atoms with Gasteiger partial charge in [-0.2, -0.15) is 0 Å². The van der Waals surface area contributed by atoms with Crippen molar-refractivity contribution >= 4 is 29.0 Å². The molecule has 1 amide bonds. The normalized spacial score (nSPS) is 9.71. The largest absolute Gasteiger partial charge is 0.355 e. The molecule has 0 radical (unpaired) electrons. The fraction of sp³-hybridized carbons (Fsp3) is 0.300. The average Bonchev–Trinajstić information content (AvgIpc) is 2.68. The molecule has 2 nitrogen and oxygen atoms in total. The third kappa shape index (κ3) is 4.48. The highest BCUT2D eigenvalue weighted by molar-refractivity contribution is 8.01. The molecule has 0 unspecified atom stereocenters. The van der Waals surface area contributed by atoms with Gasteiger partial charge in [0.05, 0.1) is 9.96 Å². The third-order valence-corrected chi connectivity index (χ3v) is 3.64. The summed E-state index contributed by atoms with van der Waals surface area (Å²) in [6.45, 7) is 4.28. The molecule has 14 heavy (non-hydrogen) atoms. The molecule has 0 spiro atoms. The zero-order chi connectivity index (χ0) is 10.2. The number of thioether (sulfide) groups is 1. The summed E-state index contributed by atoms with van der Waals surface area (Å²) in [6.07, 6.45) is 2.63. The molecule has 4 heteroatoms. The van der Waals surface area contributed by atoms with Crippen LogP contribution in [0.4, 0.5) is 0 Å². The van der Waals surface area contributed by atoms with E-state index in [2.05, 4.69) is 11.9 Å². The molecule has 0 aliphatic rings. The lowest BCUT2D eigenvalue weighted by Gasteiger charge is -2.01. The maximum atomic E-state index is 11.3. The van der Waals surface area contributed by atoms with E-state index in [1.807, 2.05) is 17.5 Å². The predicted octanol–water partition coefficient (Wildman–Crippen LogP) is 2.53. The number of hydrogen-bond donors (Lipinski definition) is 1. The molecule has 1 N–H and O–H groups in total. The molecule has 0 saturated heterocycles. The van der Waals surface area contributed by atoms with E-state index in [0.29, 0.717) is 12.3 Å². The molecule has 0 atom stereocenters. The average molecular weight is 227 g/mol. The molecule has 1 aromatic heterocycles. The summed E-state index contributed by atoms with van der Waals surface area (Å²) < 4.78 is 1.18. The Morgan fingerprint density at radius 2 is 2.57 bits per heavy atom. The SMILES string of the molecule is C=CCCNC(=O)CSc1cccs1. The van der Waals surface area contributed by atoms with Crippen LogP contribution in [0.15, 0.2) is 34.4 Å². The minimum atomic E-state index is 0.0882. The first-order valence-electron chi connectivity index (χ1n) is 4.37. The van der Waals surface area contributed by atoms with Gasteiger partial charge in [-0.15, -0.1) is 29.7 Å². The maximum Gasteiger partial charge on any atom is 0.230 e. The van der Waals surface area contributed by atoms with Gasteiger partial charge in [0, 0.05) is 6.54 Å². The molecule has 1 rings (SSSR count). The number of nitrogens with one attached hydrogen (secondary N) is 1. The summed E-state index contributed by atoms with van der Waals surface area (Å²) in [4.78, 5) is 11.3. The van der Waals surface area contributed by atoms with Gasteiger partial charge in [0.1, 0.15) is 0 Å². The van der Waals surface area contributed by atoms with Crippen LogP contribution >= 0.6 is 23.1 Å². The first kappa shape index (κ1) is 11.3. The fourth-order valence-electron chi connectivity index (χ4n) is 0.847. The molecular weight excluding hydrogens is 214 g/mol. The Morgan fingerprint density at radius 1 is 1.71 bits per heavy atom. The van der Waals surface area contributed by atoms with E-state index < -0.39 is 0 Å². The van der Waals surface area contributed by atoms with Gasteiger partial charge in [0.2, 0.25) is 5.91 Å². The quantitative estimate of drug-likeness (QED) is 0.460. The number of hydrogen-bond acceptors (Lipinski definition) is 3. The second kappa shape index (κ2) is 6.68. The Labute approximate surface area is 92.4 Å². The summed E-state index contributed by atoms with van der Waals surface area (Å²) in [6, 6.07) is 4.01. The Kier molecular flexibility index (Phi) is 5.40. The van der Waals surface area contributed by atoms with E-state index in [0.717, 1.165) is 6.42 Å². The molecule has 1 aromatic rings. The number of carbonyl (C=O) groups is 1.